The van der Waals surface area contributed by atoms with Gasteiger partial charge in [-0.3, -0.25) is 47.9 Å². The van der Waals surface area contributed by atoms with Gasteiger partial charge in [0.15, 0.2) is 0 Å². The van der Waals surface area contributed by atoms with Crippen LogP contribution in [0.2, 0.25) is 0 Å². The Hall–Kier alpha value is -4.64. The smallest absolute Gasteiger partial charge is 0.245 e. The first-order valence-corrected chi connectivity index (χ1v) is 19.3. The second-order valence-electron chi connectivity index (χ2n) is 12.5. The predicted octanol–water partition coefficient (Wildman–Crippen LogP) is -5.57. The fourth-order valence-corrected chi connectivity index (χ4v) is 7.17. The largest absolute Gasteiger partial charge is 0.368 e. The van der Waals surface area contributed by atoms with E-state index in [1.54, 1.807) is 0 Å². The zero-order chi connectivity index (χ0) is 40.0. The molecule has 23 heteroatoms. The molecule has 2 aliphatic heterocycles. The number of amides is 10. The number of fused-ring (bicyclic) bond motifs is 1. The maximum absolute atomic E-state index is 13.3. The standard InChI is InChI=1S/C30H49N11O10S2/c1-13-24(45)33-10-22(43)40-19(23(32)44)12-53-52-11-18(31)28(49)34-9-21(42)35-14(2)25(46)39-17(5)30(51)41-8-6-7-20(41)29(50)38-16(4)27(48)37-15(3)26(47)36-13/h13-20H,6-12,31H2,1-5H3,(H2,32,44)(H,33,45)(H,34,49)(H,35,42)(H,36,47)(H,37,48)(H,38,50)(H,39,46)(H,40,43)/t13-,14-,15-,16-,17-,18-,19-,20+/m0/s1. The lowest BCUT2D eigenvalue weighted by atomic mass is 10.1. The number of hydrogen-bond acceptors (Lipinski definition) is 13. The van der Waals surface area contributed by atoms with Gasteiger partial charge >= 0.3 is 0 Å². The third kappa shape index (κ3) is 14.4. The first kappa shape index (κ1) is 44.5. The lowest BCUT2D eigenvalue weighted by Gasteiger charge is -2.28. The Bertz CT molecular complexity index is 1440. The zero-order valence-corrected chi connectivity index (χ0v) is 31.7. The highest BCUT2D eigenvalue weighted by Gasteiger charge is 2.38. The van der Waals surface area contributed by atoms with Gasteiger partial charge in [-0.1, -0.05) is 21.6 Å². The van der Waals surface area contributed by atoms with E-state index in [1.165, 1.54) is 39.5 Å². The minimum Gasteiger partial charge on any atom is -0.368 e. The molecule has 0 unspecified atom stereocenters. The van der Waals surface area contributed by atoms with Crippen molar-refractivity contribution >= 4 is 80.7 Å². The van der Waals surface area contributed by atoms with Gasteiger partial charge in [-0.25, -0.2) is 0 Å². The van der Waals surface area contributed by atoms with Gasteiger partial charge in [0.1, 0.15) is 42.3 Å². The van der Waals surface area contributed by atoms with E-state index in [1.807, 2.05) is 0 Å². The van der Waals surface area contributed by atoms with Gasteiger partial charge in [-0.05, 0) is 47.5 Å². The number of nitrogens with two attached hydrogens (primary N) is 2. The summed E-state index contributed by atoms with van der Waals surface area (Å²) in [6, 6.07) is -8.78. The highest BCUT2D eigenvalue weighted by molar-refractivity contribution is 8.76. The van der Waals surface area contributed by atoms with Crippen LogP contribution in [0.1, 0.15) is 47.5 Å². The van der Waals surface area contributed by atoms with Gasteiger partial charge < -0.3 is 58.9 Å². The molecule has 21 nitrogen and oxygen atoms in total. The van der Waals surface area contributed by atoms with E-state index < -0.39 is 120 Å². The van der Waals surface area contributed by atoms with Gasteiger partial charge in [0.25, 0.3) is 0 Å². The molecule has 0 bridgehead atoms. The summed E-state index contributed by atoms with van der Waals surface area (Å²) in [4.78, 5) is 128. The molecule has 2 heterocycles. The summed E-state index contributed by atoms with van der Waals surface area (Å²) in [5.74, 6) is -7.09. The minimum atomic E-state index is -1.15. The number of carbonyl (C=O) groups is 10. The van der Waals surface area contributed by atoms with Gasteiger partial charge in [0.2, 0.25) is 59.1 Å². The van der Waals surface area contributed by atoms with Crippen molar-refractivity contribution in [3.8, 4) is 0 Å². The molecular formula is C30H49N11O10S2. The van der Waals surface area contributed by atoms with Crippen LogP contribution in [0.3, 0.4) is 0 Å². The Morgan fingerprint density at radius 3 is 1.62 bits per heavy atom. The Morgan fingerprint density at radius 1 is 0.604 bits per heavy atom. The summed E-state index contributed by atoms with van der Waals surface area (Å²) in [5.41, 5.74) is 11.3. The highest BCUT2D eigenvalue weighted by Crippen LogP contribution is 2.22. The average molecular weight is 788 g/mol. The molecule has 8 atom stereocenters. The topological polar surface area (TPSA) is 322 Å². The van der Waals surface area contributed by atoms with Crippen LogP contribution in [-0.2, 0) is 47.9 Å². The van der Waals surface area contributed by atoms with Crippen molar-refractivity contribution < 1.29 is 47.9 Å². The molecule has 0 aromatic carbocycles. The van der Waals surface area contributed by atoms with Gasteiger partial charge in [0.05, 0.1) is 19.1 Å². The fourth-order valence-electron chi connectivity index (χ4n) is 4.87. The monoisotopic (exact) mass is 787 g/mol. The number of nitrogens with zero attached hydrogens (tertiary/aromatic N) is 1. The molecule has 12 N–H and O–H groups in total. The van der Waals surface area contributed by atoms with E-state index in [0.29, 0.717) is 6.42 Å². The summed E-state index contributed by atoms with van der Waals surface area (Å²) in [6.45, 7) is 6.02. The van der Waals surface area contributed by atoms with Crippen LogP contribution >= 0.6 is 21.6 Å². The van der Waals surface area contributed by atoms with Crippen molar-refractivity contribution in [3.63, 3.8) is 0 Å². The quantitative estimate of drug-likeness (QED) is 0.111. The number of nitrogens with one attached hydrogen (secondary N) is 8. The van der Waals surface area contributed by atoms with Crippen molar-refractivity contribution in [3.05, 3.63) is 0 Å². The second kappa shape index (κ2) is 21.2. The van der Waals surface area contributed by atoms with Crippen LogP contribution in [-0.4, -0.2) is 143 Å². The molecule has 2 aliphatic rings. The van der Waals surface area contributed by atoms with Crippen LogP contribution in [0.25, 0.3) is 0 Å². The van der Waals surface area contributed by atoms with E-state index in [2.05, 4.69) is 42.5 Å². The van der Waals surface area contributed by atoms with Gasteiger partial charge in [0, 0.05) is 18.1 Å². The van der Waals surface area contributed by atoms with E-state index in [-0.39, 0.29) is 24.5 Å². The Labute approximate surface area is 313 Å². The molecule has 2 rings (SSSR count). The molecule has 0 aromatic heterocycles. The molecule has 0 radical (unpaired) electrons. The van der Waals surface area contributed by atoms with E-state index in [9.17, 15) is 47.9 Å². The molecule has 0 aromatic rings. The first-order valence-electron chi connectivity index (χ1n) is 16.8. The first-order chi connectivity index (χ1) is 24.8. The van der Waals surface area contributed by atoms with Crippen molar-refractivity contribution in [2.45, 2.75) is 95.8 Å². The van der Waals surface area contributed by atoms with E-state index in [4.69, 9.17) is 11.5 Å². The van der Waals surface area contributed by atoms with Crippen molar-refractivity contribution in [1.82, 2.24) is 47.4 Å². The maximum Gasteiger partial charge on any atom is 0.245 e. The van der Waals surface area contributed by atoms with Crippen LogP contribution in [0, 0.1) is 0 Å². The Morgan fingerprint density at radius 2 is 1.06 bits per heavy atom. The molecular weight excluding hydrogens is 739 g/mol. The zero-order valence-electron chi connectivity index (χ0n) is 30.1. The predicted molar refractivity (Wildman–Crippen MR) is 193 cm³/mol. The van der Waals surface area contributed by atoms with Gasteiger partial charge in [-0.2, -0.15) is 0 Å². The molecule has 53 heavy (non-hydrogen) atoms. The van der Waals surface area contributed by atoms with E-state index in [0.717, 1.165) is 21.6 Å². The minimum absolute atomic E-state index is 0.0163. The molecule has 2 saturated heterocycles. The number of rotatable bonds is 1. The van der Waals surface area contributed by atoms with Gasteiger partial charge in [-0.15, -0.1) is 0 Å². The summed E-state index contributed by atoms with van der Waals surface area (Å²) in [7, 11) is 2.18. The molecule has 296 valence electrons. The Balaban J connectivity index is 2.16. The van der Waals surface area contributed by atoms with Crippen LogP contribution in [0.4, 0.5) is 0 Å². The van der Waals surface area contributed by atoms with Crippen LogP contribution < -0.4 is 54.0 Å². The van der Waals surface area contributed by atoms with Crippen molar-refractivity contribution in [2.24, 2.45) is 11.5 Å². The molecule has 10 amide bonds. The summed E-state index contributed by atoms with van der Waals surface area (Å²) < 4.78 is 0. The lowest BCUT2D eigenvalue weighted by Crippen LogP contribution is -2.58. The normalized spacial score (nSPS) is 30.7. The number of hydrogen-bond donors (Lipinski definition) is 10. The third-order valence-electron chi connectivity index (χ3n) is 8.02. The van der Waals surface area contributed by atoms with Crippen LogP contribution in [0.5, 0.6) is 0 Å². The average Bonchev–Trinajstić information content (AvgIpc) is 3.59. The second-order valence-corrected chi connectivity index (χ2v) is 15.1. The molecule has 0 spiro atoms. The summed E-state index contributed by atoms with van der Waals surface area (Å²) >= 11 is 0. The summed E-state index contributed by atoms with van der Waals surface area (Å²) in [6.07, 6.45) is 0.768. The van der Waals surface area contributed by atoms with Crippen LogP contribution in [0.15, 0.2) is 0 Å². The molecule has 0 aliphatic carbocycles. The Kier molecular flexibility index (Phi) is 17.8. The lowest BCUT2D eigenvalue weighted by molar-refractivity contribution is -0.142. The van der Waals surface area contributed by atoms with Crippen molar-refractivity contribution in [2.75, 3.05) is 31.1 Å². The highest BCUT2D eigenvalue weighted by atomic mass is 33.1. The number of primary amides is 1. The maximum atomic E-state index is 13.3. The third-order valence-corrected chi connectivity index (χ3v) is 10.5. The SMILES string of the molecule is C[C@@H]1NC(=O)CNC(=O)[C@@H](N)CSSC[C@@H](C(N)=O)NC(=O)CNC(=O)[C@H](C)NC(=O)[C@H](C)NC(=O)[C@H](C)NC(=O)[C@H]2CCCN2C(=O)[C@H](C)NC1=O. The number of carbonyl (C=O) groups excluding carboxylic acids is 10. The molecule has 0 saturated carbocycles. The fraction of sp³-hybridized carbons (Fsp3) is 0.667. The van der Waals surface area contributed by atoms with E-state index >= 15 is 0 Å². The van der Waals surface area contributed by atoms with Crippen molar-refractivity contribution in [1.29, 1.82) is 0 Å². The summed E-state index contributed by atoms with van der Waals surface area (Å²) in [5, 5.41) is 19.4. The molecule has 2 fully saturated rings.